The summed E-state index contributed by atoms with van der Waals surface area (Å²) in [5.41, 5.74) is -4.15. The third kappa shape index (κ3) is 5.65. The monoisotopic (exact) mass is 584 g/mol. The molecule has 14 heteroatoms. The Balaban J connectivity index is 1.79. The quantitative estimate of drug-likeness (QED) is 0.457. The molecule has 2 fully saturated rings. The summed E-state index contributed by atoms with van der Waals surface area (Å²) in [7, 11) is 0. The van der Waals surface area contributed by atoms with Gasteiger partial charge in [-0.2, -0.15) is 13.2 Å². The van der Waals surface area contributed by atoms with Gasteiger partial charge in [-0.1, -0.05) is 12.1 Å². The average Bonchev–Trinajstić information content (AvgIpc) is 3.37. The van der Waals surface area contributed by atoms with Crippen LogP contribution in [0.1, 0.15) is 67.7 Å². The van der Waals surface area contributed by atoms with Crippen molar-refractivity contribution in [3.63, 3.8) is 0 Å². The Morgan fingerprint density at radius 2 is 1.90 bits per heavy atom. The van der Waals surface area contributed by atoms with Crippen LogP contribution in [0.4, 0.5) is 26.7 Å². The van der Waals surface area contributed by atoms with E-state index in [9.17, 15) is 31.9 Å². The Kier molecular flexibility index (Phi) is 3.57. The van der Waals surface area contributed by atoms with Gasteiger partial charge in [0.25, 0.3) is 0 Å². The van der Waals surface area contributed by atoms with Crippen molar-refractivity contribution in [2.24, 2.45) is 0 Å². The van der Waals surface area contributed by atoms with E-state index in [4.69, 9.17) is 24.7 Å². The fraction of sp³-hybridized carbons (Fsp3) is 0.462. The fourth-order valence-corrected chi connectivity index (χ4v) is 3.52. The standard InChI is InChI=1S/C26H27F5N6O3/c27-18-4-1-3-17(21(18)28)15-6-7-19(23(38)36(13-15)14-26(29,30)31)33-24(39)35-11-8-16(9-12-35)37-20-5-2-10-32-22(20)34-25(37)40/h1-5,10,15-16,19H,6-9,11-14H2,(H,33,39)(H,32,34,40)/t15-,19-/m1/s1/i6D2,7D2,8D2,9D2,11D2,12D2,13D2,14D2,15D,19D. The van der Waals surface area contributed by atoms with E-state index in [-0.39, 0.29) is 22.3 Å². The lowest BCUT2D eigenvalue weighted by Crippen LogP contribution is -2.54. The van der Waals surface area contributed by atoms with Crippen LogP contribution >= 0.6 is 0 Å². The summed E-state index contributed by atoms with van der Waals surface area (Å²) in [5.74, 6) is -12.6. The number of urea groups is 1. The van der Waals surface area contributed by atoms with Crippen molar-refractivity contribution in [2.75, 3.05) is 26.0 Å². The fourth-order valence-electron chi connectivity index (χ4n) is 3.52. The van der Waals surface area contributed by atoms with Crippen LogP contribution in [0.3, 0.4) is 0 Å². The van der Waals surface area contributed by atoms with E-state index in [0.717, 1.165) is 23.6 Å². The highest BCUT2D eigenvalue weighted by Crippen LogP contribution is 2.32. The molecule has 1 aromatic carbocycles. The molecule has 3 aromatic rings. The largest absolute Gasteiger partial charge is 0.406 e. The number of carbonyl (C=O) groups is 2. The first-order valence-corrected chi connectivity index (χ1v) is 10.9. The predicted octanol–water partition coefficient (Wildman–Crippen LogP) is 3.69. The maximum atomic E-state index is 15.4. The van der Waals surface area contributed by atoms with Gasteiger partial charge in [-0.15, -0.1) is 0 Å². The van der Waals surface area contributed by atoms with Gasteiger partial charge in [0.2, 0.25) is 5.91 Å². The second-order valence-electron chi connectivity index (χ2n) is 7.81. The summed E-state index contributed by atoms with van der Waals surface area (Å²) in [6, 6.07) is -7.75. The number of likely N-dealkylation sites (tertiary alicyclic amines) is 2. The molecule has 40 heavy (non-hydrogen) atoms. The molecule has 2 aliphatic rings. The number of rotatable bonds is 4. The van der Waals surface area contributed by atoms with Gasteiger partial charge in [-0.3, -0.25) is 14.3 Å². The number of nitrogens with one attached hydrogen (secondary N) is 2. The number of aromatic nitrogens is 3. The number of alkyl halides is 3. The molecule has 2 aliphatic heterocycles. The number of carbonyl (C=O) groups excluding carboxylic acids is 2. The Morgan fingerprint density at radius 1 is 1.15 bits per heavy atom. The number of piperidine rings is 1. The van der Waals surface area contributed by atoms with Crippen molar-refractivity contribution in [1.29, 1.82) is 0 Å². The van der Waals surface area contributed by atoms with E-state index in [1.165, 1.54) is 0 Å². The number of hydrogen-bond donors (Lipinski definition) is 2. The van der Waals surface area contributed by atoms with Crippen LogP contribution < -0.4 is 11.0 Å². The van der Waals surface area contributed by atoms with E-state index in [2.05, 4.69) is 9.97 Å². The van der Waals surface area contributed by atoms with Crippen LogP contribution in [0.15, 0.2) is 41.3 Å². The summed E-state index contributed by atoms with van der Waals surface area (Å²) < 4.78 is 227. The highest BCUT2D eigenvalue weighted by atomic mass is 19.4. The minimum Gasteiger partial charge on any atom is -0.331 e. The third-order valence-electron chi connectivity index (χ3n) is 5.22. The molecule has 0 spiro atoms. The van der Waals surface area contributed by atoms with Crippen molar-refractivity contribution < 1.29 is 56.2 Å². The Bertz CT molecular complexity index is 2240. The second-order valence-corrected chi connectivity index (χ2v) is 7.81. The van der Waals surface area contributed by atoms with E-state index < -0.39 is 126 Å². The number of amides is 3. The average molecular weight is 585 g/mol. The van der Waals surface area contributed by atoms with Gasteiger partial charge in [0.05, 0.1) is 12.4 Å². The van der Waals surface area contributed by atoms with Gasteiger partial charge < -0.3 is 15.1 Å². The van der Waals surface area contributed by atoms with Crippen LogP contribution in [0.25, 0.3) is 11.2 Å². The zero-order valence-corrected chi connectivity index (χ0v) is 19.4. The van der Waals surface area contributed by atoms with Crippen LogP contribution in [-0.2, 0) is 4.79 Å². The third-order valence-corrected chi connectivity index (χ3v) is 5.22. The molecule has 2 saturated heterocycles. The van der Waals surface area contributed by atoms with E-state index in [1.807, 2.05) is 0 Å². The van der Waals surface area contributed by atoms with Gasteiger partial charge in [-0.05, 0) is 49.3 Å². The molecule has 2 aromatic heterocycles. The smallest absolute Gasteiger partial charge is 0.331 e. The minimum atomic E-state index is -6.54. The first-order valence-electron chi connectivity index (χ1n) is 19.9. The van der Waals surface area contributed by atoms with Crippen molar-refractivity contribution >= 4 is 23.1 Å². The topological polar surface area (TPSA) is 103 Å². The molecule has 3 amide bonds. The number of benzene rings is 1. The Morgan fingerprint density at radius 3 is 2.62 bits per heavy atom. The number of hydrogen-bond acceptors (Lipinski definition) is 4. The zero-order chi connectivity index (χ0) is 44.8. The number of fused-ring (bicyclic) bond motifs is 1. The lowest BCUT2D eigenvalue weighted by Gasteiger charge is -2.34. The lowest BCUT2D eigenvalue weighted by atomic mass is 9.93. The van der Waals surface area contributed by atoms with Crippen molar-refractivity contribution in [1.82, 2.24) is 29.7 Å². The number of imidazole rings is 1. The SMILES string of the molecule is [2H]C1([2H])C(n2c(=O)[nH]c3ncccc32)C([2H])([2H])C([2H])([2H])N(C(=O)N[C@@]2([2H])C(=O)N(C([2H])([2H])C(F)(F)F)C([2H])([2H])[C@]([2H])(c3cccc(F)c3F)C([2H])([2H])C2([2H])[2H])C1([2H])[2H]. The second kappa shape index (κ2) is 10.9. The normalized spacial score (nSPS) is 40.6. The summed E-state index contributed by atoms with van der Waals surface area (Å²) in [6.45, 7) is -19.4. The van der Waals surface area contributed by atoms with Crippen molar-refractivity contribution in [2.45, 2.75) is 49.6 Å². The number of nitrogens with zero attached hydrogens (tertiary/aromatic N) is 4. The van der Waals surface area contributed by atoms with Gasteiger partial charge in [-0.25, -0.2) is 23.4 Å². The summed E-state index contributed by atoms with van der Waals surface area (Å²) in [4.78, 5) is 44.4. The lowest BCUT2D eigenvalue weighted by molar-refractivity contribution is -0.162. The number of aromatic amines is 1. The minimum absolute atomic E-state index is 0.158. The summed E-state index contributed by atoms with van der Waals surface area (Å²) >= 11 is 0. The van der Waals surface area contributed by atoms with Crippen LogP contribution in [0.2, 0.25) is 0 Å². The molecule has 0 unspecified atom stereocenters. The summed E-state index contributed by atoms with van der Waals surface area (Å²) in [6.07, 6.45) is -23.4. The molecule has 5 rings (SSSR count). The molecular weight excluding hydrogens is 539 g/mol. The Hall–Kier alpha value is -3.97. The van der Waals surface area contributed by atoms with Crippen molar-refractivity contribution in [3.05, 3.63) is 64.2 Å². The highest BCUT2D eigenvalue weighted by molar-refractivity contribution is 5.87. The van der Waals surface area contributed by atoms with Gasteiger partial charge >= 0.3 is 17.9 Å². The number of pyridine rings is 1. The molecule has 4 heterocycles. The Labute approximate surface area is 250 Å². The summed E-state index contributed by atoms with van der Waals surface area (Å²) in [5, 5.41) is 0.882. The molecule has 0 radical (unpaired) electrons. The van der Waals surface area contributed by atoms with Crippen molar-refractivity contribution in [3.8, 4) is 0 Å². The van der Waals surface area contributed by atoms with E-state index in [0.29, 0.717) is 6.07 Å². The molecule has 0 saturated carbocycles. The molecule has 9 nitrogen and oxygen atoms in total. The number of halogens is 5. The zero-order valence-electron chi connectivity index (χ0n) is 37.4. The molecular formula is C26H27F5N6O3. The number of H-pyrrole nitrogens is 1. The van der Waals surface area contributed by atoms with Gasteiger partial charge in [0, 0.05) is 55.4 Å². The van der Waals surface area contributed by atoms with E-state index in [1.54, 1.807) is 0 Å². The van der Waals surface area contributed by atoms with Gasteiger partial charge in [0.15, 0.2) is 17.3 Å². The van der Waals surface area contributed by atoms with Crippen LogP contribution in [0, 0.1) is 11.6 Å². The first-order chi connectivity index (χ1) is 25.8. The maximum absolute atomic E-state index is 15.4. The van der Waals surface area contributed by atoms with Gasteiger partial charge in [0.1, 0.15) is 12.5 Å². The highest BCUT2D eigenvalue weighted by Gasteiger charge is 2.40. The molecule has 2 atom stereocenters. The van der Waals surface area contributed by atoms with E-state index >= 15 is 4.39 Å². The molecule has 2 N–H and O–H groups in total. The molecule has 0 bridgehead atoms. The molecule has 0 aliphatic carbocycles. The predicted molar refractivity (Wildman–Crippen MR) is 133 cm³/mol. The maximum Gasteiger partial charge on any atom is 0.406 e. The van der Waals surface area contributed by atoms with Crippen LogP contribution in [0.5, 0.6) is 0 Å². The molecule has 214 valence electrons. The van der Waals surface area contributed by atoms with Crippen LogP contribution in [-0.4, -0.2) is 74.5 Å². The first kappa shape index (κ1) is 13.1.